The number of benzene rings is 1. The van der Waals surface area contributed by atoms with Crippen LogP contribution >= 0.6 is 23.5 Å². The summed E-state index contributed by atoms with van der Waals surface area (Å²) in [5.74, 6) is 2.11. The fraction of sp³-hybridized carbons (Fsp3) is 0.455. The van der Waals surface area contributed by atoms with E-state index in [0.717, 1.165) is 11.5 Å². The maximum absolute atomic E-state index is 6.00. The van der Waals surface area contributed by atoms with Gasteiger partial charge in [-0.2, -0.15) is 11.8 Å². The van der Waals surface area contributed by atoms with Crippen molar-refractivity contribution >= 4 is 23.5 Å². The topological polar surface area (TPSA) is 26.0 Å². The Bertz CT molecular complexity index is 258. The van der Waals surface area contributed by atoms with Crippen LogP contribution in [0, 0.1) is 0 Å². The van der Waals surface area contributed by atoms with Crippen molar-refractivity contribution in [3.63, 3.8) is 0 Å². The minimum atomic E-state index is 0.172. The van der Waals surface area contributed by atoms with Crippen LogP contribution in [-0.4, -0.2) is 17.8 Å². The normalized spacial score (nSPS) is 12.8. The molecular formula is C11H17NS2. The second kappa shape index (κ2) is 6.38. The van der Waals surface area contributed by atoms with Gasteiger partial charge in [0.1, 0.15) is 0 Å². The molecule has 1 unspecified atom stereocenters. The highest BCUT2D eigenvalue weighted by molar-refractivity contribution is 7.99. The average molecular weight is 227 g/mol. The molecule has 1 rings (SSSR count). The van der Waals surface area contributed by atoms with E-state index in [1.54, 1.807) is 11.8 Å². The molecule has 1 nitrogen and oxygen atoms in total. The molecule has 2 N–H and O–H groups in total. The molecule has 0 radical (unpaired) electrons. The lowest BCUT2D eigenvalue weighted by atomic mass is 10.1. The van der Waals surface area contributed by atoms with E-state index in [0.29, 0.717) is 0 Å². The predicted molar refractivity (Wildman–Crippen MR) is 68.2 cm³/mol. The molecule has 0 saturated heterocycles. The van der Waals surface area contributed by atoms with Crippen molar-refractivity contribution in [2.75, 3.05) is 17.8 Å². The second-order valence-corrected chi connectivity index (χ2v) is 5.31. The lowest BCUT2D eigenvalue weighted by Gasteiger charge is -2.10. The molecule has 14 heavy (non-hydrogen) atoms. The number of hydrogen-bond donors (Lipinski definition) is 1. The van der Waals surface area contributed by atoms with Gasteiger partial charge in [-0.1, -0.05) is 19.1 Å². The Morgan fingerprint density at radius 2 is 1.93 bits per heavy atom. The molecule has 0 aromatic heterocycles. The summed E-state index contributed by atoms with van der Waals surface area (Å²) in [6.45, 7) is 2.16. The maximum atomic E-state index is 6.00. The predicted octanol–water partition coefficient (Wildman–Crippen LogP) is 3.16. The lowest BCUT2D eigenvalue weighted by Crippen LogP contribution is -2.12. The summed E-state index contributed by atoms with van der Waals surface area (Å²) >= 11 is 3.65. The molecule has 0 heterocycles. The molecular weight excluding hydrogens is 210 g/mol. The SMILES string of the molecule is CCSc1ccc(C(N)CSC)cc1. The van der Waals surface area contributed by atoms with Gasteiger partial charge < -0.3 is 5.73 Å². The summed E-state index contributed by atoms with van der Waals surface area (Å²) in [7, 11) is 0. The highest BCUT2D eigenvalue weighted by Gasteiger charge is 2.04. The minimum absolute atomic E-state index is 0.172. The third-order valence-corrected chi connectivity index (χ3v) is 3.55. The van der Waals surface area contributed by atoms with Crippen LogP contribution in [0.5, 0.6) is 0 Å². The van der Waals surface area contributed by atoms with Gasteiger partial charge in [-0.25, -0.2) is 0 Å². The monoisotopic (exact) mass is 227 g/mol. The lowest BCUT2D eigenvalue weighted by molar-refractivity contribution is 0.831. The fourth-order valence-electron chi connectivity index (χ4n) is 1.25. The van der Waals surface area contributed by atoms with Crippen molar-refractivity contribution in [1.29, 1.82) is 0 Å². The molecule has 0 aliphatic rings. The first-order valence-corrected chi connectivity index (χ1v) is 7.13. The van der Waals surface area contributed by atoms with Crippen molar-refractivity contribution in [1.82, 2.24) is 0 Å². The van der Waals surface area contributed by atoms with Crippen LogP contribution in [0.1, 0.15) is 18.5 Å². The number of hydrogen-bond acceptors (Lipinski definition) is 3. The maximum Gasteiger partial charge on any atom is 0.0386 e. The van der Waals surface area contributed by atoms with Crippen molar-refractivity contribution in [3.05, 3.63) is 29.8 Å². The Labute approximate surface area is 94.8 Å². The molecule has 0 aliphatic heterocycles. The van der Waals surface area contributed by atoms with Crippen LogP contribution in [0.2, 0.25) is 0 Å². The van der Waals surface area contributed by atoms with Gasteiger partial charge in [0.2, 0.25) is 0 Å². The number of rotatable bonds is 5. The van der Waals surface area contributed by atoms with E-state index in [2.05, 4.69) is 37.4 Å². The van der Waals surface area contributed by atoms with E-state index >= 15 is 0 Å². The van der Waals surface area contributed by atoms with Gasteiger partial charge in [0.25, 0.3) is 0 Å². The summed E-state index contributed by atoms with van der Waals surface area (Å²) in [4.78, 5) is 1.33. The van der Waals surface area contributed by atoms with Crippen LogP contribution in [0.3, 0.4) is 0 Å². The minimum Gasteiger partial charge on any atom is -0.323 e. The van der Waals surface area contributed by atoms with Gasteiger partial charge in [-0.15, -0.1) is 11.8 Å². The summed E-state index contributed by atoms with van der Waals surface area (Å²) in [6.07, 6.45) is 2.08. The molecule has 0 spiro atoms. The zero-order chi connectivity index (χ0) is 10.4. The summed E-state index contributed by atoms with van der Waals surface area (Å²) < 4.78 is 0. The Morgan fingerprint density at radius 1 is 1.29 bits per heavy atom. The average Bonchev–Trinajstić information content (AvgIpc) is 2.20. The van der Waals surface area contributed by atoms with Gasteiger partial charge >= 0.3 is 0 Å². The van der Waals surface area contributed by atoms with Crippen molar-refractivity contribution < 1.29 is 0 Å². The van der Waals surface area contributed by atoms with E-state index in [1.165, 1.54) is 10.5 Å². The van der Waals surface area contributed by atoms with E-state index in [-0.39, 0.29) is 6.04 Å². The smallest absolute Gasteiger partial charge is 0.0386 e. The van der Waals surface area contributed by atoms with Gasteiger partial charge in [0, 0.05) is 16.7 Å². The molecule has 3 heteroatoms. The first kappa shape index (κ1) is 12.0. The van der Waals surface area contributed by atoms with E-state index in [9.17, 15) is 0 Å². The summed E-state index contributed by atoms with van der Waals surface area (Å²) in [5, 5.41) is 0. The molecule has 0 fully saturated rings. The Balaban J connectivity index is 2.62. The van der Waals surface area contributed by atoms with Crippen LogP contribution in [-0.2, 0) is 0 Å². The van der Waals surface area contributed by atoms with Gasteiger partial charge in [0.15, 0.2) is 0 Å². The van der Waals surface area contributed by atoms with Crippen LogP contribution in [0.4, 0.5) is 0 Å². The molecule has 1 aromatic carbocycles. The first-order chi connectivity index (χ1) is 6.77. The van der Waals surface area contributed by atoms with Crippen LogP contribution in [0.15, 0.2) is 29.2 Å². The fourth-order valence-corrected chi connectivity index (χ4v) is 2.47. The third-order valence-electron chi connectivity index (χ3n) is 1.97. The van der Waals surface area contributed by atoms with Crippen molar-refractivity contribution in [3.8, 4) is 0 Å². The van der Waals surface area contributed by atoms with Gasteiger partial charge in [-0.3, -0.25) is 0 Å². The molecule has 0 saturated carbocycles. The molecule has 0 amide bonds. The van der Waals surface area contributed by atoms with Gasteiger partial charge in [-0.05, 0) is 29.7 Å². The Kier molecular flexibility index (Phi) is 5.45. The van der Waals surface area contributed by atoms with E-state index in [1.807, 2.05) is 11.8 Å². The standard InChI is InChI=1S/C11H17NS2/c1-3-14-10-6-4-9(5-7-10)11(12)8-13-2/h4-7,11H,3,8,12H2,1-2H3. The van der Waals surface area contributed by atoms with Crippen molar-refractivity contribution in [2.45, 2.75) is 17.9 Å². The molecule has 1 aromatic rings. The first-order valence-electron chi connectivity index (χ1n) is 4.75. The molecule has 1 atom stereocenters. The molecule has 78 valence electrons. The van der Waals surface area contributed by atoms with Crippen LogP contribution < -0.4 is 5.73 Å². The van der Waals surface area contributed by atoms with Crippen molar-refractivity contribution in [2.24, 2.45) is 5.73 Å². The Hall–Kier alpha value is -0.120. The highest BCUT2D eigenvalue weighted by Crippen LogP contribution is 2.21. The molecule has 0 bridgehead atoms. The number of thioether (sulfide) groups is 2. The zero-order valence-electron chi connectivity index (χ0n) is 8.69. The number of nitrogens with two attached hydrogens (primary N) is 1. The van der Waals surface area contributed by atoms with E-state index in [4.69, 9.17) is 5.73 Å². The summed E-state index contributed by atoms with van der Waals surface area (Å²) in [6, 6.07) is 8.76. The Morgan fingerprint density at radius 3 is 2.43 bits per heavy atom. The summed E-state index contributed by atoms with van der Waals surface area (Å²) in [5.41, 5.74) is 7.24. The molecule has 0 aliphatic carbocycles. The van der Waals surface area contributed by atoms with Gasteiger partial charge in [0.05, 0.1) is 0 Å². The largest absolute Gasteiger partial charge is 0.323 e. The second-order valence-electron chi connectivity index (χ2n) is 3.06. The quantitative estimate of drug-likeness (QED) is 0.783. The van der Waals surface area contributed by atoms with Crippen LogP contribution in [0.25, 0.3) is 0 Å². The highest BCUT2D eigenvalue weighted by atomic mass is 32.2. The third kappa shape index (κ3) is 3.56. The zero-order valence-corrected chi connectivity index (χ0v) is 10.3. The van der Waals surface area contributed by atoms with E-state index < -0.39 is 0 Å².